The maximum Gasteiger partial charge on any atom is 0.0432 e. The Kier molecular flexibility index (Phi) is 6.84. The first-order valence-electron chi connectivity index (χ1n) is 7.09. The van der Waals surface area contributed by atoms with E-state index in [1.807, 2.05) is 18.2 Å². The SMILES string of the molecule is C/C(CNCc1ccccc1)=C(\C)Sc1cc(Cl)cc(Cl)c1. The molecule has 116 valence electrons. The van der Waals surface area contributed by atoms with Crippen LogP contribution < -0.4 is 5.32 Å². The molecule has 0 aromatic heterocycles. The lowest BCUT2D eigenvalue weighted by Gasteiger charge is -2.10. The summed E-state index contributed by atoms with van der Waals surface area (Å²) in [7, 11) is 0. The highest BCUT2D eigenvalue weighted by molar-refractivity contribution is 8.03. The zero-order chi connectivity index (χ0) is 15.9. The van der Waals surface area contributed by atoms with Gasteiger partial charge in [0.05, 0.1) is 0 Å². The molecular weight excluding hydrogens is 333 g/mol. The Morgan fingerprint density at radius 1 is 1.00 bits per heavy atom. The van der Waals surface area contributed by atoms with E-state index < -0.39 is 0 Å². The van der Waals surface area contributed by atoms with Crippen LogP contribution >= 0.6 is 35.0 Å². The van der Waals surface area contributed by atoms with Crippen LogP contribution in [0.4, 0.5) is 0 Å². The summed E-state index contributed by atoms with van der Waals surface area (Å²) in [5.74, 6) is 0. The largest absolute Gasteiger partial charge is 0.309 e. The standard InChI is InChI=1S/C18H19Cl2NS/c1-13(11-21-12-15-6-4-3-5-7-15)14(2)22-18-9-16(19)8-17(20)10-18/h3-10,21H,11-12H2,1-2H3/b14-13-. The van der Waals surface area contributed by atoms with Gasteiger partial charge in [-0.05, 0) is 48.1 Å². The molecule has 0 aliphatic rings. The fourth-order valence-corrected chi connectivity index (χ4v) is 3.59. The molecule has 0 heterocycles. The summed E-state index contributed by atoms with van der Waals surface area (Å²) in [5.41, 5.74) is 2.61. The van der Waals surface area contributed by atoms with E-state index >= 15 is 0 Å². The number of hydrogen-bond acceptors (Lipinski definition) is 2. The van der Waals surface area contributed by atoms with Gasteiger partial charge in [-0.15, -0.1) is 0 Å². The summed E-state index contributed by atoms with van der Waals surface area (Å²) in [4.78, 5) is 2.33. The first-order valence-corrected chi connectivity index (χ1v) is 8.67. The Bertz CT molecular complexity index is 633. The van der Waals surface area contributed by atoms with Gasteiger partial charge in [0.25, 0.3) is 0 Å². The fourth-order valence-electron chi connectivity index (χ4n) is 1.97. The van der Waals surface area contributed by atoms with Gasteiger partial charge in [0, 0.05) is 28.0 Å². The van der Waals surface area contributed by atoms with E-state index in [0.717, 1.165) is 18.0 Å². The Hall–Kier alpha value is -0.930. The van der Waals surface area contributed by atoms with E-state index in [2.05, 4.69) is 43.4 Å². The van der Waals surface area contributed by atoms with Crippen molar-refractivity contribution in [3.63, 3.8) is 0 Å². The molecule has 0 aliphatic carbocycles. The Morgan fingerprint density at radius 2 is 1.64 bits per heavy atom. The van der Waals surface area contributed by atoms with Gasteiger partial charge in [0.1, 0.15) is 0 Å². The van der Waals surface area contributed by atoms with Crippen LogP contribution in [0.1, 0.15) is 19.4 Å². The van der Waals surface area contributed by atoms with E-state index in [-0.39, 0.29) is 0 Å². The van der Waals surface area contributed by atoms with Crippen LogP contribution in [-0.2, 0) is 6.54 Å². The molecule has 0 bridgehead atoms. The molecule has 4 heteroatoms. The molecule has 22 heavy (non-hydrogen) atoms. The lowest BCUT2D eigenvalue weighted by Crippen LogP contribution is -2.16. The molecule has 0 atom stereocenters. The number of halogens is 2. The molecule has 2 rings (SSSR count). The van der Waals surface area contributed by atoms with E-state index in [4.69, 9.17) is 23.2 Å². The van der Waals surface area contributed by atoms with Gasteiger partial charge in [0.15, 0.2) is 0 Å². The summed E-state index contributed by atoms with van der Waals surface area (Å²) < 4.78 is 0. The van der Waals surface area contributed by atoms with Crippen molar-refractivity contribution in [3.05, 3.63) is 74.6 Å². The first-order chi connectivity index (χ1) is 10.5. The molecular formula is C18H19Cl2NS. The molecule has 1 nitrogen and oxygen atoms in total. The average molecular weight is 352 g/mol. The second-order valence-corrected chi connectivity index (χ2v) is 7.29. The van der Waals surface area contributed by atoms with Crippen molar-refractivity contribution in [1.29, 1.82) is 0 Å². The number of benzene rings is 2. The van der Waals surface area contributed by atoms with Gasteiger partial charge in [0.2, 0.25) is 0 Å². The number of allylic oxidation sites excluding steroid dienone is 1. The quantitative estimate of drug-likeness (QED) is 0.624. The van der Waals surface area contributed by atoms with Gasteiger partial charge in [-0.25, -0.2) is 0 Å². The molecule has 0 saturated heterocycles. The molecule has 0 unspecified atom stereocenters. The zero-order valence-corrected chi connectivity index (χ0v) is 15.0. The fraction of sp³-hybridized carbons (Fsp3) is 0.222. The van der Waals surface area contributed by atoms with Gasteiger partial charge in [-0.1, -0.05) is 65.3 Å². The third-order valence-electron chi connectivity index (χ3n) is 3.27. The van der Waals surface area contributed by atoms with Crippen molar-refractivity contribution in [1.82, 2.24) is 5.32 Å². The van der Waals surface area contributed by atoms with Crippen molar-refractivity contribution >= 4 is 35.0 Å². The second-order valence-electron chi connectivity index (χ2n) is 5.13. The van der Waals surface area contributed by atoms with Crippen LogP contribution in [0, 0.1) is 0 Å². The first kappa shape index (κ1) is 17.4. The lowest BCUT2D eigenvalue weighted by atomic mass is 10.2. The molecule has 0 spiro atoms. The summed E-state index contributed by atoms with van der Waals surface area (Å²) in [6.07, 6.45) is 0. The summed E-state index contributed by atoms with van der Waals surface area (Å²) in [6.45, 7) is 6.01. The molecule has 2 aromatic carbocycles. The monoisotopic (exact) mass is 351 g/mol. The highest BCUT2D eigenvalue weighted by Crippen LogP contribution is 2.32. The maximum absolute atomic E-state index is 6.04. The number of thioether (sulfide) groups is 1. The predicted molar refractivity (Wildman–Crippen MR) is 98.8 cm³/mol. The summed E-state index contributed by atoms with van der Waals surface area (Å²) in [5, 5.41) is 4.81. The minimum absolute atomic E-state index is 0.669. The normalized spacial score (nSPS) is 12.2. The minimum Gasteiger partial charge on any atom is -0.309 e. The van der Waals surface area contributed by atoms with Crippen LogP contribution in [0.15, 0.2) is 63.9 Å². The van der Waals surface area contributed by atoms with E-state index in [1.54, 1.807) is 17.8 Å². The summed E-state index contributed by atoms with van der Waals surface area (Å²) >= 11 is 13.8. The van der Waals surface area contributed by atoms with Crippen molar-refractivity contribution in [2.75, 3.05) is 6.54 Å². The topological polar surface area (TPSA) is 12.0 Å². The Labute approximate surface area is 146 Å². The van der Waals surface area contributed by atoms with Crippen molar-refractivity contribution in [3.8, 4) is 0 Å². The highest BCUT2D eigenvalue weighted by atomic mass is 35.5. The van der Waals surface area contributed by atoms with Gasteiger partial charge in [-0.2, -0.15) is 0 Å². The van der Waals surface area contributed by atoms with E-state index in [0.29, 0.717) is 10.0 Å². The molecule has 2 aromatic rings. The Morgan fingerprint density at radius 3 is 2.27 bits per heavy atom. The molecule has 0 amide bonds. The van der Waals surface area contributed by atoms with Crippen LogP contribution in [0.25, 0.3) is 0 Å². The van der Waals surface area contributed by atoms with Crippen LogP contribution in [-0.4, -0.2) is 6.54 Å². The molecule has 0 saturated carbocycles. The smallest absolute Gasteiger partial charge is 0.0432 e. The number of nitrogens with one attached hydrogen (secondary N) is 1. The van der Waals surface area contributed by atoms with Crippen LogP contribution in [0.3, 0.4) is 0 Å². The molecule has 0 radical (unpaired) electrons. The van der Waals surface area contributed by atoms with Gasteiger partial charge >= 0.3 is 0 Å². The third-order valence-corrected chi connectivity index (χ3v) is 4.83. The van der Waals surface area contributed by atoms with E-state index in [1.165, 1.54) is 16.0 Å². The highest BCUT2D eigenvalue weighted by Gasteiger charge is 2.03. The van der Waals surface area contributed by atoms with Crippen molar-refractivity contribution < 1.29 is 0 Å². The summed E-state index contributed by atoms with van der Waals surface area (Å²) in [6, 6.07) is 16.0. The lowest BCUT2D eigenvalue weighted by molar-refractivity contribution is 0.738. The van der Waals surface area contributed by atoms with Crippen LogP contribution in [0.5, 0.6) is 0 Å². The van der Waals surface area contributed by atoms with Crippen LogP contribution in [0.2, 0.25) is 10.0 Å². The van der Waals surface area contributed by atoms with Gasteiger partial charge < -0.3 is 5.32 Å². The van der Waals surface area contributed by atoms with Crippen molar-refractivity contribution in [2.24, 2.45) is 0 Å². The van der Waals surface area contributed by atoms with Crippen molar-refractivity contribution in [2.45, 2.75) is 25.3 Å². The minimum atomic E-state index is 0.669. The third kappa shape index (κ3) is 5.69. The Balaban J connectivity index is 1.91. The zero-order valence-electron chi connectivity index (χ0n) is 12.7. The average Bonchev–Trinajstić information content (AvgIpc) is 2.47. The molecule has 0 fully saturated rings. The molecule has 1 N–H and O–H groups in total. The maximum atomic E-state index is 6.04. The number of rotatable bonds is 6. The molecule has 0 aliphatic heterocycles. The van der Waals surface area contributed by atoms with E-state index in [9.17, 15) is 0 Å². The second kappa shape index (κ2) is 8.64. The number of hydrogen-bond donors (Lipinski definition) is 1. The predicted octanol–water partition coefficient (Wildman–Crippen LogP) is 6.17. The van der Waals surface area contributed by atoms with Gasteiger partial charge in [-0.3, -0.25) is 0 Å².